The second kappa shape index (κ2) is 4.56. The van der Waals surface area contributed by atoms with Crippen molar-refractivity contribution in [1.29, 1.82) is 0 Å². The summed E-state index contributed by atoms with van der Waals surface area (Å²) in [4.78, 5) is 2.48. The van der Waals surface area contributed by atoms with Crippen LogP contribution in [0.1, 0.15) is 31.7 Å². The van der Waals surface area contributed by atoms with Crippen molar-refractivity contribution in [1.82, 2.24) is 0 Å². The van der Waals surface area contributed by atoms with Crippen LogP contribution in [0.3, 0.4) is 0 Å². The third-order valence-electron chi connectivity index (χ3n) is 3.19. The predicted octanol–water partition coefficient (Wildman–Crippen LogP) is 2.82. The zero-order chi connectivity index (χ0) is 10.7. The van der Waals surface area contributed by atoms with Crippen LogP contribution >= 0.6 is 0 Å². The Labute approximate surface area is 92.1 Å². The van der Waals surface area contributed by atoms with Gasteiger partial charge in [0.25, 0.3) is 0 Å². The van der Waals surface area contributed by atoms with Gasteiger partial charge in [0.1, 0.15) is 0 Å². The van der Waals surface area contributed by atoms with Crippen LogP contribution < -0.4 is 10.6 Å². The SMILES string of the molecule is CCc1ccc(N)cc1N1CCCCC1. The van der Waals surface area contributed by atoms with Gasteiger partial charge < -0.3 is 10.6 Å². The largest absolute Gasteiger partial charge is 0.399 e. The fourth-order valence-electron chi connectivity index (χ4n) is 2.31. The van der Waals surface area contributed by atoms with Gasteiger partial charge in [-0.05, 0) is 43.4 Å². The van der Waals surface area contributed by atoms with Crippen molar-refractivity contribution in [2.45, 2.75) is 32.6 Å². The number of benzene rings is 1. The van der Waals surface area contributed by atoms with Crippen LogP contribution in [-0.4, -0.2) is 13.1 Å². The molecule has 15 heavy (non-hydrogen) atoms. The predicted molar refractivity (Wildman–Crippen MR) is 66.3 cm³/mol. The van der Waals surface area contributed by atoms with E-state index in [0.29, 0.717) is 0 Å². The summed E-state index contributed by atoms with van der Waals surface area (Å²) < 4.78 is 0. The Morgan fingerprint density at radius 2 is 1.93 bits per heavy atom. The van der Waals surface area contributed by atoms with Crippen LogP contribution in [-0.2, 0) is 6.42 Å². The summed E-state index contributed by atoms with van der Waals surface area (Å²) in [7, 11) is 0. The minimum Gasteiger partial charge on any atom is -0.399 e. The molecule has 0 radical (unpaired) electrons. The highest BCUT2D eigenvalue weighted by molar-refractivity contribution is 5.61. The number of piperidine rings is 1. The molecule has 1 aliphatic rings. The Kier molecular flexibility index (Phi) is 3.14. The van der Waals surface area contributed by atoms with Crippen molar-refractivity contribution in [2.75, 3.05) is 23.7 Å². The molecule has 0 bridgehead atoms. The van der Waals surface area contributed by atoms with Crippen molar-refractivity contribution >= 4 is 11.4 Å². The number of hydrogen-bond donors (Lipinski definition) is 1. The Morgan fingerprint density at radius 1 is 1.20 bits per heavy atom. The number of hydrogen-bond acceptors (Lipinski definition) is 2. The van der Waals surface area contributed by atoms with E-state index in [1.54, 1.807) is 0 Å². The second-order valence-corrected chi connectivity index (χ2v) is 4.29. The van der Waals surface area contributed by atoms with E-state index in [-0.39, 0.29) is 0 Å². The first-order valence-corrected chi connectivity index (χ1v) is 5.94. The van der Waals surface area contributed by atoms with E-state index in [9.17, 15) is 0 Å². The third kappa shape index (κ3) is 2.25. The molecule has 0 unspecified atom stereocenters. The molecule has 0 saturated carbocycles. The molecule has 0 aromatic heterocycles. The summed E-state index contributed by atoms with van der Waals surface area (Å²) in [5.74, 6) is 0. The molecule has 0 spiro atoms. The lowest BCUT2D eigenvalue weighted by Gasteiger charge is -2.30. The molecule has 1 heterocycles. The number of nitrogen functional groups attached to an aromatic ring is 1. The molecule has 2 rings (SSSR count). The van der Waals surface area contributed by atoms with E-state index in [1.165, 1.54) is 43.6 Å². The van der Waals surface area contributed by atoms with Gasteiger partial charge in [0.2, 0.25) is 0 Å². The molecule has 1 fully saturated rings. The monoisotopic (exact) mass is 204 g/mol. The molecule has 0 atom stereocenters. The van der Waals surface area contributed by atoms with Gasteiger partial charge in [0.15, 0.2) is 0 Å². The standard InChI is InChI=1S/C13H20N2/c1-2-11-6-7-12(14)10-13(11)15-8-4-3-5-9-15/h6-7,10H,2-5,8-9,14H2,1H3. The van der Waals surface area contributed by atoms with Crippen LogP contribution in [0.5, 0.6) is 0 Å². The number of nitrogens with two attached hydrogens (primary N) is 1. The molecule has 82 valence electrons. The lowest BCUT2D eigenvalue weighted by Crippen LogP contribution is -2.30. The minimum absolute atomic E-state index is 0.882. The second-order valence-electron chi connectivity index (χ2n) is 4.29. The van der Waals surface area contributed by atoms with Gasteiger partial charge in [-0.15, -0.1) is 0 Å². The fourth-order valence-corrected chi connectivity index (χ4v) is 2.31. The molecule has 0 amide bonds. The minimum atomic E-state index is 0.882. The first kappa shape index (κ1) is 10.3. The third-order valence-corrected chi connectivity index (χ3v) is 3.19. The summed E-state index contributed by atoms with van der Waals surface area (Å²) in [5, 5.41) is 0. The van der Waals surface area contributed by atoms with Gasteiger partial charge in [0, 0.05) is 24.5 Å². The Morgan fingerprint density at radius 3 is 2.60 bits per heavy atom. The first-order valence-electron chi connectivity index (χ1n) is 5.94. The van der Waals surface area contributed by atoms with Gasteiger partial charge in [-0.1, -0.05) is 13.0 Å². The van der Waals surface area contributed by atoms with Crippen molar-refractivity contribution in [3.63, 3.8) is 0 Å². The van der Waals surface area contributed by atoms with E-state index >= 15 is 0 Å². The van der Waals surface area contributed by atoms with Gasteiger partial charge in [-0.25, -0.2) is 0 Å². The number of aryl methyl sites for hydroxylation is 1. The normalized spacial score (nSPS) is 16.7. The van der Waals surface area contributed by atoms with Gasteiger partial charge in [0.05, 0.1) is 0 Å². The number of anilines is 2. The quantitative estimate of drug-likeness (QED) is 0.751. The molecule has 1 aromatic carbocycles. The van der Waals surface area contributed by atoms with Crippen LogP contribution in [0.25, 0.3) is 0 Å². The van der Waals surface area contributed by atoms with Crippen molar-refractivity contribution in [3.8, 4) is 0 Å². The van der Waals surface area contributed by atoms with E-state index < -0.39 is 0 Å². The van der Waals surface area contributed by atoms with E-state index in [0.717, 1.165) is 12.1 Å². The van der Waals surface area contributed by atoms with E-state index in [1.807, 2.05) is 6.07 Å². The summed E-state index contributed by atoms with van der Waals surface area (Å²) in [5.41, 5.74) is 9.53. The van der Waals surface area contributed by atoms with Gasteiger partial charge >= 0.3 is 0 Å². The molecule has 0 aliphatic carbocycles. The van der Waals surface area contributed by atoms with Crippen molar-refractivity contribution in [3.05, 3.63) is 23.8 Å². The molecule has 1 aliphatic heterocycles. The Hall–Kier alpha value is -1.18. The Balaban J connectivity index is 2.27. The van der Waals surface area contributed by atoms with Crippen LogP contribution in [0.4, 0.5) is 11.4 Å². The maximum absolute atomic E-state index is 5.86. The molecular weight excluding hydrogens is 184 g/mol. The highest BCUT2D eigenvalue weighted by Crippen LogP contribution is 2.26. The average molecular weight is 204 g/mol. The lowest BCUT2D eigenvalue weighted by atomic mass is 10.1. The van der Waals surface area contributed by atoms with Crippen LogP contribution in [0, 0.1) is 0 Å². The molecule has 1 aromatic rings. The molecule has 2 nitrogen and oxygen atoms in total. The van der Waals surface area contributed by atoms with Gasteiger partial charge in [-0.2, -0.15) is 0 Å². The summed E-state index contributed by atoms with van der Waals surface area (Å²) in [6.45, 7) is 4.59. The van der Waals surface area contributed by atoms with Gasteiger partial charge in [-0.3, -0.25) is 0 Å². The highest BCUT2D eigenvalue weighted by Gasteiger charge is 2.13. The maximum atomic E-state index is 5.86. The Bertz CT molecular complexity index is 327. The molecule has 2 heteroatoms. The molecule has 2 N–H and O–H groups in total. The van der Waals surface area contributed by atoms with Crippen molar-refractivity contribution in [2.24, 2.45) is 0 Å². The topological polar surface area (TPSA) is 29.3 Å². The zero-order valence-corrected chi connectivity index (χ0v) is 9.50. The molecular formula is C13H20N2. The lowest BCUT2D eigenvalue weighted by molar-refractivity contribution is 0.576. The summed E-state index contributed by atoms with van der Waals surface area (Å²) >= 11 is 0. The average Bonchev–Trinajstić information content (AvgIpc) is 2.30. The zero-order valence-electron chi connectivity index (χ0n) is 9.50. The summed E-state index contributed by atoms with van der Waals surface area (Å²) in [6, 6.07) is 6.30. The first-order chi connectivity index (χ1) is 7.31. The van der Waals surface area contributed by atoms with Crippen molar-refractivity contribution < 1.29 is 0 Å². The fraction of sp³-hybridized carbons (Fsp3) is 0.538. The number of nitrogens with zero attached hydrogens (tertiary/aromatic N) is 1. The molecule has 1 saturated heterocycles. The van der Waals surface area contributed by atoms with E-state index in [2.05, 4.69) is 24.0 Å². The highest BCUT2D eigenvalue weighted by atomic mass is 15.1. The van der Waals surface area contributed by atoms with Crippen LogP contribution in [0.15, 0.2) is 18.2 Å². The number of rotatable bonds is 2. The summed E-state index contributed by atoms with van der Waals surface area (Å²) in [6.07, 6.45) is 5.10. The van der Waals surface area contributed by atoms with Crippen LogP contribution in [0.2, 0.25) is 0 Å². The smallest absolute Gasteiger partial charge is 0.0419 e. The maximum Gasteiger partial charge on any atom is 0.0419 e. The van der Waals surface area contributed by atoms with E-state index in [4.69, 9.17) is 5.73 Å².